The van der Waals surface area contributed by atoms with E-state index in [-0.39, 0.29) is 17.4 Å². The van der Waals surface area contributed by atoms with Gasteiger partial charge in [0, 0.05) is 6.92 Å². The van der Waals surface area contributed by atoms with Gasteiger partial charge < -0.3 is 9.47 Å². The van der Waals surface area contributed by atoms with E-state index in [1.165, 1.54) is 6.92 Å². The fourth-order valence-electron chi connectivity index (χ4n) is 2.27. The zero-order valence-corrected chi connectivity index (χ0v) is 13.9. The van der Waals surface area contributed by atoms with Crippen LogP contribution >= 0.6 is 0 Å². The van der Waals surface area contributed by atoms with E-state index in [1.807, 2.05) is 38.1 Å². The minimum absolute atomic E-state index is 0.215. The molecule has 0 spiro atoms. The minimum atomic E-state index is -0.645. The Balaban J connectivity index is 2.15. The van der Waals surface area contributed by atoms with Crippen molar-refractivity contribution in [2.45, 2.75) is 20.8 Å². The normalized spacial score (nSPS) is 17.2. The van der Waals surface area contributed by atoms with Crippen LogP contribution in [0.3, 0.4) is 0 Å². The van der Waals surface area contributed by atoms with Crippen LogP contribution in [0.4, 0.5) is 5.69 Å². The van der Waals surface area contributed by atoms with Crippen molar-refractivity contribution in [2.24, 2.45) is 16.9 Å². The Morgan fingerprint density at radius 3 is 2.48 bits per heavy atom. The maximum absolute atomic E-state index is 12.2. The Morgan fingerprint density at radius 1 is 1.30 bits per heavy atom. The van der Waals surface area contributed by atoms with E-state index in [9.17, 15) is 9.59 Å². The number of methoxy groups -OCH3 is 1. The molecule has 0 N–H and O–H groups in total. The van der Waals surface area contributed by atoms with Gasteiger partial charge in [0.2, 0.25) is 0 Å². The molecule has 0 amide bonds. The summed E-state index contributed by atoms with van der Waals surface area (Å²) in [4.78, 5) is 24.0. The fourth-order valence-corrected chi connectivity index (χ4v) is 2.27. The Hall–Kier alpha value is -2.37. The predicted molar refractivity (Wildman–Crippen MR) is 87.7 cm³/mol. The van der Waals surface area contributed by atoms with Gasteiger partial charge in [-0.3, -0.25) is 14.6 Å². The van der Waals surface area contributed by atoms with Gasteiger partial charge >= 0.3 is 5.97 Å². The molecule has 0 fully saturated rings. The molecule has 0 radical (unpaired) electrons. The summed E-state index contributed by atoms with van der Waals surface area (Å²) < 4.78 is 10.4. The number of hydrogen-bond donors (Lipinski definition) is 0. The average molecular weight is 318 g/mol. The van der Waals surface area contributed by atoms with Crippen molar-refractivity contribution >= 4 is 23.2 Å². The van der Waals surface area contributed by atoms with Crippen LogP contribution in [0.15, 0.2) is 29.4 Å². The number of hydrazone groups is 1. The predicted octanol–water partition coefficient (Wildman–Crippen LogP) is 2.28. The fraction of sp³-hybridized carbons (Fsp3) is 0.471. The van der Waals surface area contributed by atoms with Gasteiger partial charge in [0.1, 0.15) is 17.4 Å². The second kappa shape index (κ2) is 7.26. The van der Waals surface area contributed by atoms with Crippen LogP contribution in [-0.2, 0) is 14.3 Å². The molecule has 124 valence electrons. The summed E-state index contributed by atoms with van der Waals surface area (Å²) in [5, 5.41) is 5.95. The molecule has 6 heteroatoms. The lowest BCUT2D eigenvalue weighted by atomic mass is 10.0. The standard InChI is InChI=1S/C17H22N2O4/c1-11(2)10-23-17(21)15-9-19(18-16(15)12(3)20)13-5-7-14(22-4)8-6-13/h5-8,11,15H,9-10H2,1-4H3/t15-/m0/s1. The van der Waals surface area contributed by atoms with Crippen LogP contribution in [0.2, 0.25) is 0 Å². The summed E-state index contributed by atoms with van der Waals surface area (Å²) in [5.74, 6) is -0.281. The molecule has 1 aromatic carbocycles. The molecule has 23 heavy (non-hydrogen) atoms. The van der Waals surface area contributed by atoms with Gasteiger partial charge in [-0.15, -0.1) is 0 Å². The quantitative estimate of drug-likeness (QED) is 0.753. The van der Waals surface area contributed by atoms with E-state index in [4.69, 9.17) is 9.47 Å². The molecule has 6 nitrogen and oxygen atoms in total. The summed E-state index contributed by atoms with van der Waals surface area (Å²) in [6.07, 6.45) is 0. The number of hydrogen-bond acceptors (Lipinski definition) is 6. The molecule has 1 aromatic rings. The van der Waals surface area contributed by atoms with Crippen LogP contribution in [0, 0.1) is 11.8 Å². The number of rotatable bonds is 6. The molecule has 1 aliphatic rings. The third-order valence-electron chi connectivity index (χ3n) is 3.49. The first-order valence-corrected chi connectivity index (χ1v) is 7.60. The van der Waals surface area contributed by atoms with E-state index in [2.05, 4.69) is 5.10 Å². The van der Waals surface area contributed by atoms with Crippen molar-refractivity contribution < 1.29 is 19.1 Å². The van der Waals surface area contributed by atoms with Gasteiger partial charge in [-0.05, 0) is 30.2 Å². The molecule has 1 heterocycles. The third kappa shape index (κ3) is 4.09. The maximum atomic E-state index is 12.2. The van der Waals surface area contributed by atoms with E-state index in [1.54, 1.807) is 12.1 Å². The van der Waals surface area contributed by atoms with Gasteiger partial charge in [-0.2, -0.15) is 5.10 Å². The smallest absolute Gasteiger partial charge is 0.317 e. The maximum Gasteiger partial charge on any atom is 0.317 e. The Kier molecular flexibility index (Phi) is 5.36. The Bertz CT molecular complexity index is 608. The number of ether oxygens (including phenoxy) is 2. The second-order valence-electron chi connectivity index (χ2n) is 5.90. The number of carbonyl (C=O) groups is 2. The lowest BCUT2D eigenvalue weighted by molar-refractivity contribution is -0.147. The number of ketones is 1. The van der Waals surface area contributed by atoms with Crippen molar-refractivity contribution in [3.05, 3.63) is 24.3 Å². The minimum Gasteiger partial charge on any atom is -0.497 e. The van der Waals surface area contributed by atoms with E-state index >= 15 is 0 Å². The molecule has 1 aliphatic heterocycles. The van der Waals surface area contributed by atoms with Crippen LogP contribution in [0.25, 0.3) is 0 Å². The number of nitrogens with zero attached hydrogens (tertiary/aromatic N) is 2. The highest BCUT2D eigenvalue weighted by Crippen LogP contribution is 2.25. The number of Topliss-reactive ketones (excluding diaryl/α,β-unsaturated/α-hetero) is 1. The number of anilines is 1. The largest absolute Gasteiger partial charge is 0.497 e. The Labute approximate surface area is 136 Å². The lowest BCUT2D eigenvalue weighted by Crippen LogP contribution is -2.32. The highest BCUT2D eigenvalue weighted by atomic mass is 16.5. The zero-order valence-electron chi connectivity index (χ0n) is 13.9. The van der Waals surface area contributed by atoms with Crippen molar-refractivity contribution in [2.75, 3.05) is 25.3 Å². The molecular weight excluding hydrogens is 296 g/mol. The molecule has 0 aliphatic carbocycles. The molecule has 0 aromatic heterocycles. The van der Waals surface area contributed by atoms with Crippen LogP contribution < -0.4 is 9.75 Å². The molecule has 0 saturated carbocycles. The van der Waals surface area contributed by atoms with Crippen molar-refractivity contribution in [1.82, 2.24) is 0 Å². The first-order valence-electron chi connectivity index (χ1n) is 7.60. The monoisotopic (exact) mass is 318 g/mol. The van der Waals surface area contributed by atoms with Crippen LogP contribution in [0.5, 0.6) is 5.75 Å². The molecule has 0 bridgehead atoms. The summed E-state index contributed by atoms with van der Waals surface area (Å²) in [7, 11) is 1.59. The van der Waals surface area contributed by atoms with Crippen LogP contribution in [0.1, 0.15) is 20.8 Å². The molecule has 0 saturated heterocycles. The SMILES string of the molecule is COc1ccc(N2C[C@H](C(=O)OCC(C)C)C(C(C)=O)=N2)cc1. The summed E-state index contributed by atoms with van der Waals surface area (Å²) in [6, 6.07) is 7.29. The first kappa shape index (κ1) is 17.0. The average Bonchev–Trinajstić information content (AvgIpc) is 2.98. The van der Waals surface area contributed by atoms with E-state index in [0.29, 0.717) is 13.2 Å². The van der Waals surface area contributed by atoms with Gasteiger partial charge in [-0.1, -0.05) is 13.8 Å². The van der Waals surface area contributed by atoms with Gasteiger partial charge in [-0.25, -0.2) is 0 Å². The summed E-state index contributed by atoms with van der Waals surface area (Å²) in [5.41, 5.74) is 1.04. The molecular formula is C17H22N2O4. The third-order valence-corrected chi connectivity index (χ3v) is 3.49. The van der Waals surface area contributed by atoms with Gasteiger partial charge in [0.05, 0.1) is 25.9 Å². The summed E-state index contributed by atoms with van der Waals surface area (Å²) in [6.45, 7) is 5.98. The van der Waals surface area contributed by atoms with Crippen molar-refractivity contribution in [1.29, 1.82) is 0 Å². The number of benzene rings is 1. The topological polar surface area (TPSA) is 68.2 Å². The highest BCUT2D eigenvalue weighted by Gasteiger charge is 2.36. The van der Waals surface area contributed by atoms with E-state index < -0.39 is 11.9 Å². The Morgan fingerprint density at radius 2 is 1.96 bits per heavy atom. The molecule has 0 unspecified atom stereocenters. The second-order valence-corrected chi connectivity index (χ2v) is 5.90. The lowest BCUT2D eigenvalue weighted by Gasteiger charge is -2.16. The highest BCUT2D eigenvalue weighted by molar-refractivity contribution is 6.43. The summed E-state index contributed by atoms with van der Waals surface area (Å²) >= 11 is 0. The van der Waals surface area contributed by atoms with Crippen LogP contribution in [-0.4, -0.2) is 37.7 Å². The zero-order chi connectivity index (χ0) is 17.0. The number of esters is 1. The van der Waals surface area contributed by atoms with E-state index in [0.717, 1.165) is 11.4 Å². The first-order chi connectivity index (χ1) is 10.9. The molecule has 1 atom stereocenters. The van der Waals surface area contributed by atoms with Gasteiger partial charge in [0.25, 0.3) is 0 Å². The number of carbonyl (C=O) groups excluding carboxylic acids is 2. The molecule has 2 rings (SSSR count). The van der Waals surface area contributed by atoms with Crippen molar-refractivity contribution in [3.8, 4) is 5.75 Å². The van der Waals surface area contributed by atoms with Crippen molar-refractivity contribution in [3.63, 3.8) is 0 Å². The van der Waals surface area contributed by atoms with Gasteiger partial charge in [0.15, 0.2) is 5.78 Å².